The molecule has 0 fully saturated rings. The van der Waals surface area contributed by atoms with Gasteiger partial charge < -0.3 is 5.32 Å². The largest absolute Gasteiger partial charge is 0.312 e. The highest BCUT2D eigenvalue weighted by molar-refractivity contribution is 9.09. The number of alkyl halides is 1. The lowest BCUT2D eigenvalue weighted by Crippen LogP contribution is -2.32. The molecule has 0 aromatic heterocycles. The Balaban J connectivity index is 3.64. The minimum Gasteiger partial charge on any atom is -0.312 e. The van der Waals surface area contributed by atoms with Crippen LogP contribution in [-0.2, 0) is 9.84 Å². The molecule has 80 valence electrons. The van der Waals surface area contributed by atoms with Crippen molar-refractivity contribution in [3.05, 3.63) is 0 Å². The third-order valence-electron chi connectivity index (χ3n) is 1.65. The van der Waals surface area contributed by atoms with E-state index in [0.29, 0.717) is 24.8 Å². The van der Waals surface area contributed by atoms with Gasteiger partial charge in [-0.3, -0.25) is 0 Å². The summed E-state index contributed by atoms with van der Waals surface area (Å²) < 4.78 is 22.5. The fourth-order valence-electron chi connectivity index (χ4n) is 0.928. The van der Waals surface area contributed by atoms with Gasteiger partial charge in [0.15, 0.2) is 9.84 Å². The van der Waals surface area contributed by atoms with Crippen molar-refractivity contribution in [1.82, 2.24) is 5.32 Å². The van der Waals surface area contributed by atoms with E-state index in [2.05, 4.69) is 21.2 Å². The van der Waals surface area contributed by atoms with E-state index in [1.165, 1.54) is 0 Å². The van der Waals surface area contributed by atoms with Crippen molar-refractivity contribution in [2.75, 3.05) is 23.4 Å². The van der Waals surface area contributed by atoms with Gasteiger partial charge in [-0.25, -0.2) is 8.42 Å². The second-order valence-electron chi connectivity index (χ2n) is 3.16. The third-order valence-corrected chi connectivity index (χ3v) is 4.48. The molecule has 0 heterocycles. The Morgan fingerprint density at radius 3 is 2.46 bits per heavy atom. The average molecular weight is 272 g/mol. The van der Waals surface area contributed by atoms with Crippen LogP contribution >= 0.6 is 15.9 Å². The van der Waals surface area contributed by atoms with Gasteiger partial charge in [-0.15, -0.1) is 0 Å². The van der Waals surface area contributed by atoms with Gasteiger partial charge in [-0.05, 0) is 13.3 Å². The van der Waals surface area contributed by atoms with Crippen LogP contribution in [-0.4, -0.2) is 37.8 Å². The minimum atomic E-state index is -2.81. The summed E-state index contributed by atoms with van der Waals surface area (Å²) in [4.78, 5) is 0. The first-order valence-electron chi connectivity index (χ1n) is 4.51. The minimum absolute atomic E-state index is 0.248. The SMILES string of the molecule is CCCS(=O)(=O)CCNC(C)CBr. The van der Waals surface area contributed by atoms with Gasteiger partial charge in [0.05, 0.1) is 5.75 Å². The maximum absolute atomic E-state index is 11.2. The molecule has 1 atom stereocenters. The van der Waals surface area contributed by atoms with E-state index >= 15 is 0 Å². The average Bonchev–Trinajstić information content (AvgIpc) is 2.03. The van der Waals surface area contributed by atoms with Crippen molar-refractivity contribution in [2.24, 2.45) is 0 Å². The molecule has 0 aliphatic carbocycles. The molecule has 0 rings (SSSR count). The van der Waals surface area contributed by atoms with Crippen LogP contribution in [0.3, 0.4) is 0 Å². The summed E-state index contributed by atoms with van der Waals surface area (Å²) in [5.74, 6) is 0.551. The Hall–Kier alpha value is 0.390. The predicted molar refractivity (Wildman–Crippen MR) is 60.2 cm³/mol. The van der Waals surface area contributed by atoms with E-state index in [4.69, 9.17) is 0 Å². The van der Waals surface area contributed by atoms with Crippen molar-refractivity contribution in [1.29, 1.82) is 0 Å². The second-order valence-corrected chi connectivity index (χ2v) is 6.11. The molecule has 0 aliphatic heterocycles. The van der Waals surface area contributed by atoms with Crippen LogP contribution in [0.5, 0.6) is 0 Å². The zero-order chi connectivity index (χ0) is 10.3. The molecule has 0 aromatic carbocycles. The Morgan fingerprint density at radius 2 is 2.00 bits per heavy atom. The summed E-state index contributed by atoms with van der Waals surface area (Å²) in [5.41, 5.74) is 0. The smallest absolute Gasteiger partial charge is 0.151 e. The second kappa shape index (κ2) is 6.79. The Kier molecular flexibility index (Phi) is 6.99. The van der Waals surface area contributed by atoms with Gasteiger partial charge in [-0.1, -0.05) is 22.9 Å². The number of nitrogens with one attached hydrogen (secondary N) is 1. The number of rotatable bonds is 7. The molecule has 1 unspecified atom stereocenters. The van der Waals surface area contributed by atoms with E-state index in [0.717, 1.165) is 5.33 Å². The first-order chi connectivity index (χ1) is 6.02. The maximum atomic E-state index is 11.2. The lowest BCUT2D eigenvalue weighted by Gasteiger charge is -2.09. The standard InChI is InChI=1S/C8H18BrNO2S/c1-3-5-13(11,12)6-4-10-8(2)7-9/h8,10H,3-7H2,1-2H3. The molecule has 5 heteroatoms. The van der Waals surface area contributed by atoms with E-state index in [1.807, 2.05) is 13.8 Å². The van der Waals surface area contributed by atoms with E-state index in [1.54, 1.807) is 0 Å². The molecule has 0 aromatic rings. The van der Waals surface area contributed by atoms with E-state index in [-0.39, 0.29) is 5.75 Å². The molecule has 0 amide bonds. The predicted octanol–water partition coefficient (Wildman–Crippen LogP) is 1.18. The summed E-state index contributed by atoms with van der Waals surface area (Å²) in [7, 11) is -2.81. The van der Waals surface area contributed by atoms with Gasteiger partial charge in [0.2, 0.25) is 0 Å². The summed E-state index contributed by atoms with van der Waals surface area (Å²) >= 11 is 3.31. The van der Waals surface area contributed by atoms with Gasteiger partial charge in [0.1, 0.15) is 0 Å². The van der Waals surface area contributed by atoms with Gasteiger partial charge in [-0.2, -0.15) is 0 Å². The highest BCUT2D eigenvalue weighted by atomic mass is 79.9. The molecule has 13 heavy (non-hydrogen) atoms. The van der Waals surface area contributed by atoms with Crippen LogP contribution in [0.1, 0.15) is 20.3 Å². The van der Waals surface area contributed by atoms with Crippen molar-refractivity contribution in [3.8, 4) is 0 Å². The molecule has 3 nitrogen and oxygen atoms in total. The molecular weight excluding hydrogens is 254 g/mol. The van der Waals surface area contributed by atoms with E-state index < -0.39 is 9.84 Å². The monoisotopic (exact) mass is 271 g/mol. The van der Waals surface area contributed by atoms with Crippen molar-refractivity contribution >= 4 is 25.8 Å². The lowest BCUT2D eigenvalue weighted by atomic mass is 10.4. The van der Waals surface area contributed by atoms with Gasteiger partial charge in [0.25, 0.3) is 0 Å². The molecule has 0 spiro atoms. The first kappa shape index (κ1) is 13.4. The normalized spacial score (nSPS) is 14.4. The maximum Gasteiger partial charge on any atom is 0.151 e. The Labute approximate surface area is 89.3 Å². The third kappa shape index (κ3) is 7.46. The number of sulfone groups is 1. The van der Waals surface area contributed by atoms with E-state index in [9.17, 15) is 8.42 Å². The molecule has 0 saturated heterocycles. The topological polar surface area (TPSA) is 46.2 Å². The molecule has 0 aliphatic rings. The zero-order valence-electron chi connectivity index (χ0n) is 8.22. The van der Waals surface area contributed by atoms with Crippen molar-refractivity contribution in [2.45, 2.75) is 26.3 Å². The fourth-order valence-corrected chi connectivity index (χ4v) is 2.41. The van der Waals surface area contributed by atoms with Crippen LogP contribution in [0, 0.1) is 0 Å². The van der Waals surface area contributed by atoms with Crippen LogP contribution in [0.2, 0.25) is 0 Å². The van der Waals surface area contributed by atoms with Crippen molar-refractivity contribution < 1.29 is 8.42 Å². The van der Waals surface area contributed by atoms with Crippen LogP contribution < -0.4 is 5.32 Å². The zero-order valence-corrected chi connectivity index (χ0v) is 10.6. The lowest BCUT2D eigenvalue weighted by molar-refractivity contribution is 0.580. The summed E-state index contributed by atoms with van der Waals surface area (Å²) in [6.07, 6.45) is 0.705. The van der Waals surface area contributed by atoms with Crippen molar-refractivity contribution in [3.63, 3.8) is 0 Å². The van der Waals surface area contributed by atoms with Crippen LogP contribution in [0.15, 0.2) is 0 Å². The highest BCUT2D eigenvalue weighted by Crippen LogP contribution is 1.93. The summed E-state index contributed by atoms with van der Waals surface area (Å²) in [6.45, 7) is 4.45. The molecule has 0 bridgehead atoms. The summed E-state index contributed by atoms with van der Waals surface area (Å²) in [6, 6.07) is 0.330. The fraction of sp³-hybridized carbons (Fsp3) is 1.00. The number of hydrogen-bond acceptors (Lipinski definition) is 3. The van der Waals surface area contributed by atoms with Crippen LogP contribution in [0.4, 0.5) is 0 Å². The van der Waals surface area contributed by atoms with Gasteiger partial charge >= 0.3 is 0 Å². The Morgan fingerprint density at radius 1 is 1.38 bits per heavy atom. The highest BCUT2D eigenvalue weighted by Gasteiger charge is 2.08. The first-order valence-corrected chi connectivity index (χ1v) is 7.46. The van der Waals surface area contributed by atoms with Crippen LogP contribution in [0.25, 0.3) is 0 Å². The van der Waals surface area contributed by atoms with Gasteiger partial charge in [0, 0.05) is 23.7 Å². The Bertz CT molecular complexity index is 216. The molecule has 0 saturated carbocycles. The molecule has 0 radical (unpaired) electrons. The number of hydrogen-bond donors (Lipinski definition) is 1. The summed E-state index contributed by atoms with van der Waals surface area (Å²) in [5, 5.41) is 3.97. The quantitative estimate of drug-likeness (QED) is 0.708. The number of halogens is 1. The molecule has 1 N–H and O–H groups in total. The molecular formula is C8H18BrNO2S.